The molecule has 1 atom stereocenters. The van der Waals surface area contributed by atoms with Gasteiger partial charge in [-0.2, -0.15) is 0 Å². The van der Waals surface area contributed by atoms with Gasteiger partial charge in [0.05, 0.1) is 5.60 Å². The first-order chi connectivity index (χ1) is 10.3. The minimum Gasteiger partial charge on any atom is -0.379 e. The van der Waals surface area contributed by atoms with Gasteiger partial charge in [0.1, 0.15) is 6.04 Å². The zero-order chi connectivity index (χ0) is 17.6. The van der Waals surface area contributed by atoms with Crippen LogP contribution in [0.1, 0.15) is 53.9 Å². The Morgan fingerprint density at radius 2 is 1.82 bits per heavy atom. The van der Waals surface area contributed by atoms with E-state index in [1.54, 1.807) is 7.11 Å². The fraction of sp³-hybridized carbons (Fsp3) is 0.800. The van der Waals surface area contributed by atoms with E-state index < -0.39 is 18.1 Å². The van der Waals surface area contributed by atoms with Crippen molar-refractivity contribution in [2.75, 3.05) is 13.7 Å². The quantitative estimate of drug-likeness (QED) is 0.338. The van der Waals surface area contributed by atoms with Crippen molar-refractivity contribution in [1.29, 1.82) is 0 Å². The van der Waals surface area contributed by atoms with Gasteiger partial charge in [0.2, 0.25) is 6.41 Å². The Bertz CT molecular complexity index is 326. The number of amides is 2. The molecule has 0 bridgehead atoms. The van der Waals surface area contributed by atoms with Crippen molar-refractivity contribution < 1.29 is 23.9 Å². The SMILES string of the molecule is CC.COC(C)(C)C.O=CNCCCCC1NC(=O)OC1=O. The van der Waals surface area contributed by atoms with Gasteiger partial charge in [0, 0.05) is 13.7 Å². The molecule has 0 aliphatic carbocycles. The Morgan fingerprint density at radius 3 is 2.18 bits per heavy atom. The molecule has 0 saturated carbocycles. The van der Waals surface area contributed by atoms with Crippen LogP contribution in [0.4, 0.5) is 4.79 Å². The van der Waals surface area contributed by atoms with Gasteiger partial charge in [-0.1, -0.05) is 13.8 Å². The lowest BCUT2D eigenvalue weighted by Gasteiger charge is -2.14. The van der Waals surface area contributed by atoms with Crippen LogP contribution in [0.5, 0.6) is 0 Å². The summed E-state index contributed by atoms with van der Waals surface area (Å²) in [5.74, 6) is -0.515. The molecule has 130 valence electrons. The molecule has 1 aliphatic rings. The van der Waals surface area contributed by atoms with Crippen LogP contribution in [-0.4, -0.2) is 43.8 Å². The molecule has 1 heterocycles. The number of carbonyl (C=O) groups excluding carboxylic acids is 3. The lowest BCUT2D eigenvalue weighted by Crippen LogP contribution is -2.28. The van der Waals surface area contributed by atoms with Crippen LogP contribution in [0.25, 0.3) is 0 Å². The van der Waals surface area contributed by atoms with Gasteiger partial charge in [0.15, 0.2) is 0 Å². The summed E-state index contributed by atoms with van der Waals surface area (Å²) in [4.78, 5) is 31.4. The molecule has 1 saturated heterocycles. The third-order valence-electron chi connectivity index (χ3n) is 2.53. The van der Waals surface area contributed by atoms with E-state index >= 15 is 0 Å². The molecule has 7 nitrogen and oxygen atoms in total. The number of esters is 1. The van der Waals surface area contributed by atoms with Crippen LogP contribution in [-0.2, 0) is 19.1 Å². The van der Waals surface area contributed by atoms with Gasteiger partial charge in [-0.05, 0) is 40.0 Å². The summed E-state index contributed by atoms with van der Waals surface area (Å²) < 4.78 is 9.23. The lowest BCUT2D eigenvalue weighted by molar-refractivity contribution is -0.135. The molecule has 0 radical (unpaired) electrons. The Kier molecular flexibility index (Phi) is 13.4. The summed E-state index contributed by atoms with van der Waals surface area (Å²) in [6, 6.07) is -0.515. The summed E-state index contributed by atoms with van der Waals surface area (Å²) in [5.41, 5.74) is 0.0417. The first kappa shape index (κ1) is 22.6. The molecular weight excluding hydrogens is 288 g/mol. The smallest absolute Gasteiger partial charge is 0.379 e. The Labute approximate surface area is 133 Å². The second-order valence-corrected chi connectivity index (χ2v) is 5.29. The molecule has 2 amide bonds. The largest absolute Gasteiger partial charge is 0.415 e. The number of ether oxygens (including phenoxy) is 2. The Hall–Kier alpha value is -1.63. The number of rotatable bonds is 6. The van der Waals surface area contributed by atoms with E-state index in [1.807, 2.05) is 34.6 Å². The number of nitrogens with one attached hydrogen (secondary N) is 2. The highest BCUT2D eigenvalue weighted by Crippen LogP contribution is 2.07. The number of hydrogen-bond acceptors (Lipinski definition) is 5. The average Bonchev–Trinajstić information content (AvgIpc) is 2.79. The molecule has 7 heteroatoms. The maximum absolute atomic E-state index is 10.9. The van der Waals surface area contributed by atoms with E-state index in [0.717, 1.165) is 12.8 Å². The molecule has 1 unspecified atom stereocenters. The Morgan fingerprint density at radius 1 is 1.27 bits per heavy atom. The second-order valence-electron chi connectivity index (χ2n) is 5.29. The van der Waals surface area contributed by atoms with Crippen LogP contribution >= 0.6 is 0 Å². The van der Waals surface area contributed by atoms with E-state index in [9.17, 15) is 14.4 Å². The molecule has 0 spiro atoms. The van der Waals surface area contributed by atoms with Gasteiger partial charge in [0.25, 0.3) is 0 Å². The summed E-state index contributed by atoms with van der Waals surface area (Å²) in [6.45, 7) is 10.6. The van der Waals surface area contributed by atoms with Crippen molar-refractivity contribution in [3.8, 4) is 0 Å². The molecule has 2 N–H and O–H groups in total. The van der Waals surface area contributed by atoms with Crippen molar-refractivity contribution in [1.82, 2.24) is 10.6 Å². The Balaban J connectivity index is 0. The van der Waals surface area contributed by atoms with E-state index in [0.29, 0.717) is 19.4 Å². The highest BCUT2D eigenvalue weighted by Gasteiger charge is 2.31. The number of methoxy groups -OCH3 is 1. The van der Waals surface area contributed by atoms with E-state index in [2.05, 4.69) is 15.4 Å². The minimum absolute atomic E-state index is 0.0417. The molecular formula is C15H30N2O5. The van der Waals surface area contributed by atoms with Crippen LogP contribution in [0.15, 0.2) is 0 Å². The predicted octanol–water partition coefficient (Wildman–Crippen LogP) is 2.00. The van der Waals surface area contributed by atoms with Gasteiger partial charge in [-0.15, -0.1) is 0 Å². The number of cyclic esters (lactones) is 2. The molecule has 1 fully saturated rings. The van der Waals surface area contributed by atoms with Crippen LogP contribution < -0.4 is 10.6 Å². The standard InChI is InChI=1S/C8H12N2O4.C5H12O.C2H6/c11-5-9-4-2-1-3-6-7(12)14-8(13)10-6;1-5(2,3)6-4;1-2/h5-6H,1-4H2,(H,9,11)(H,10,13);1-4H3;1-2H3. The maximum Gasteiger partial charge on any atom is 0.415 e. The summed E-state index contributed by atoms with van der Waals surface area (Å²) in [6.07, 6.45) is 2.03. The topological polar surface area (TPSA) is 93.7 Å². The van der Waals surface area contributed by atoms with Crippen molar-refractivity contribution in [2.24, 2.45) is 0 Å². The molecule has 0 aromatic rings. The average molecular weight is 318 g/mol. The molecule has 1 aliphatic heterocycles. The van der Waals surface area contributed by atoms with Crippen molar-refractivity contribution >= 4 is 18.5 Å². The first-order valence-corrected chi connectivity index (χ1v) is 7.54. The molecule has 22 heavy (non-hydrogen) atoms. The van der Waals surface area contributed by atoms with Gasteiger partial charge in [-0.25, -0.2) is 9.59 Å². The third kappa shape index (κ3) is 13.4. The minimum atomic E-state index is -0.675. The number of unbranched alkanes of at least 4 members (excludes halogenated alkanes) is 1. The zero-order valence-corrected chi connectivity index (χ0v) is 14.5. The predicted molar refractivity (Wildman–Crippen MR) is 84.4 cm³/mol. The van der Waals surface area contributed by atoms with Crippen LogP contribution in [0.2, 0.25) is 0 Å². The number of carbonyl (C=O) groups is 3. The van der Waals surface area contributed by atoms with E-state index in [-0.39, 0.29) is 5.60 Å². The summed E-state index contributed by atoms with van der Waals surface area (Å²) in [5, 5.41) is 4.90. The van der Waals surface area contributed by atoms with Gasteiger partial charge in [-0.3, -0.25) is 4.79 Å². The summed E-state index contributed by atoms with van der Waals surface area (Å²) in [7, 11) is 1.71. The van der Waals surface area contributed by atoms with Gasteiger partial charge < -0.3 is 20.1 Å². The fourth-order valence-electron chi connectivity index (χ4n) is 1.22. The van der Waals surface area contributed by atoms with Gasteiger partial charge >= 0.3 is 12.1 Å². The molecule has 1 rings (SSSR count). The van der Waals surface area contributed by atoms with E-state index in [1.165, 1.54) is 0 Å². The van der Waals surface area contributed by atoms with Crippen molar-refractivity contribution in [2.45, 2.75) is 65.5 Å². The number of hydrogen-bond donors (Lipinski definition) is 2. The summed E-state index contributed by atoms with van der Waals surface area (Å²) >= 11 is 0. The molecule has 0 aromatic carbocycles. The lowest BCUT2D eigenvalue weighted by atomic mass is 10.1. The normalized spacial score (nSPS) is 16.4. The van der Waals surface area contributed by atoms with E-state index in [4.69, 9.17) is 4.74 Å². The monoisotopic (exact) mass is 318 g/mol. The van der Waals surface area contributed by atoms with Crippen LogP contribution in [0, 0.1) is 0 Å². The van der Waals surface area contributed by atoms with Crippen molar-refractivity contribution in [3.05, 3.63) is 0 Å². The molecule has 0 aromatic heterocycles. The number of alkyl carbamates (subject to hydrolysis) is 1. The highest BCUT2D eigenvalue weighted by atomic mass is 16.6. The zero-order valence-electron chi connectivity index (χ0n) is 14.5. The fourth-order valence-corrected chi connectivity index (χ4v) is 1.22. The first-order valence-electron chi connectivity index (χ1n) is 7.54. The highest BCUT2D eigenvalue weighted by molar-refractivity contribution is 5.95. The van der Waals surface area contributed by atoms with Crippen molar-refractivity contribution in [3.63, 3.8) is 0 Å². The van der Waals surface area contributed by atoms with Crippen LogP contribution in [0.3, 0.4) is 0 Å². The maximum atomic E-state index is 10.9. The third-order valence-corrected chi connectivity index (χ3v) is 2.53. The second kappa shape index (κ2) is 13.1.